The average molecular weight is 294 g/mol. The minimum Gasteiger partial charge on any atom is -0.481 e. The third-order valence-electron chi connectivity index (χ3n) is 2.35. The third kappa shape index (κ3) is 3.32. The first-order valence-corrected chi connectivity index (χ1v) is 6.53. The van der Waals surface area contributed by atoms with Gasteiger partial charge in [-0.05, 0) is 34.7 Å². The van der Waals surface area contributed by atoms with Crippen LogP contribution in [0.5, 0.6) is 0 Å². The minimum atomic E-state index is -1.01. The molecule has 1 heterocycles. The van der Waals surface area contributed by atoms with Gasteiger partial charge in [-0.25, -0.2) is 4.79 Å². The van der Waals surface area contributed by atoms with Gasteiger partial charge in [0.2, 0.25) is 5.16 Å². The van der Waals surface area contributed by atoms with Gasteiger partial charge < -0.3 is 10.2 Å². The maximum atomic E-state index is 10.8. The Morgan fingerprint density at radius 1 is 1.20 bits per heavy atom. The molecule has 0 fully saturated rings. The molecular weight excluding hydrogens is 284 g/mol. The number of hydrogen-bond acceptors (Lipinski definition) is 6. The number of thioether (sulfide) groups is 1. The largest absolute Gasteiger partial charge is 0.481 e. The zero-order valence-electron chi connectivity index (χ0n) is 10.1. The van der Waals surface area contributed by atoms with Gasteiger partial charge in [-0.1, -0.05) is 11.8 Å². The Balaban J connectivity index is 2.14. The lowest BCUT2D eigenvalue weighted by Gasteiger charge is -2.03. The minimum absolute atomic E-state index is 0.00940. The molecule has 0 radical (unpaired) electrons. The second-order valence-electron chi connectivity index (χ2n) is 3.72. The first kappa shape index (κ1) is 14.0. The number of aliphatic carboxylic acids is 1. The lowest BCUT2D eigenvalue weighted by molar-refractivity contribution is -0.136. The number of rotatable bonds is 6. The topological polar surface area (TPSA) is 118 Å². The Morgan fingerprint density at radius 3 is 2.50 bits per heavy atom. The molecular formula is C11H10N4O4S. The summed E-state index contributed by atoms with van der Waals surface area (Å²) in [5, 5.41) is 29.0. The SMILES string of the molecule is O=C(O)CCSc1nnnn1-c1ccc(C(=O)O)cc1. The normalized spacial score (nSPS) is 10.4. The molecule has 0 saturated heterocycles. The van der Waals surface area contributed by atoms with Crippen LogP contribution in [0.2, 0.25) is 0 Å². The first-order valence-electron chi connectivity index (χ1n) is 5.54. The van der Waals surface area contributed by atoms with Gasteiger partial charge in [-0.2, -0.15) is 4.68 Å². The van der Waals surface area contributed by atoms with Crippen LogP contribution >= 0.6 is 11.8 Å². The van der Waals surface area contributed by atoms with Crippen molar-refractivity contribution in [2.75, 3.05) is 5.75 Å². The van der Waals surface area contributed by atoms with E-state index < -0.39 is 11.9 Å². The summed E-state index contributed by atoms with van der Waals surface area (Å²) in [6.07, 6.45) is 0.00940. The van der Waals surface area contributed by atoms with Crippen LogP contribution in [0.4, 0.5) is 0 Å². The lowest BCUT2D eigenvalue weighted by atomic mass is 10.2. The Bertz CT molecular complexity index is 626. The number of hydrogen-bond donors (Lipinski definition) is 2. The number of benzene rings is 1. The monoisotopic (exact) mass is 294 g/mol. The molecule has 0 saturated carbocycles. The number of carbonyl (C=O) groups is 2. The standard InChI is InChI=1S/C11H10N4O4S/c16-9(17)5-6-20-11-12-13-14-15(11)8-3-1-7(2-4-8)10(18)19/h1-4H,5-6H2,(H,16,17)(H,18,19). The number of nitrogens with zero attached hydrogens (tertiary/aromatic N) is 4. The fourth-order valence-electron chi connectivity index (χ4n) is 1.41. The van der Waals surface area contributed by atoms with Crippen molar-refractivity contribution in [2.24, 2.45) is 0 Å². The maximum Gasteiger partial charge on any atom is 0.335 e. The molecule has 20 heavy (non-hydrogen) atoms. The van der Waals surface area contributed by atoms with Gasteiger partial charge in [-0.3, -0.25) is 4.79 Å². The summed E-state index contributed by atoms with van der Waals surface area (Å²) < 4.78 is 1.43. The molecule has 104 valence electrons. The molecule has 0 unspecified atom stereocenters. The molecule has 8 nitrogen and oxygen atoms in total. The summed E-state index contributed by atoms with van der Waals surface area (Å²) in [4.78, 5) is 21.2. The quantitative estimate of drug-likeness (QED) is 0.755. The summed E-state index contributed by atoms with van der Waals surface area (Å²) >= 11 is 1.22. The van der Waals surface area contributed by atoms with Crippen LogP contribution in [0.15, 0.2) is 29.4 Å². The zero-order chi connectivity index (χ0) is 14.5. The van der Waals surface area contributed by atoms with E-state index >= 15 is 0 Å². The second-order valence-corrected chi connectivity index (χ2v) is 4.78. The Morgan fingerprint density at radius 2 is 1.90 bits per heavy atom. The fourth-order valence-corrected chi connectivity index (χ4v) is 2.22. The second kappa shape index (κ2) is 6.15. The zero-order valence-corrected chi connectivity index (χ0v) is 10.9. The van der Waals surface area contributed by atoms with Crippen molar-refractivity contribution >= 4 is 23.7 Å². The van der Waals surface area contributed by atoms with Crippen LogP contribution in [0, 0.1) is 0 Å². The van der Waals surface area contributed by atoms with Gasteiger partial charge in [0, 0.05) is 5.75 Å². The molecule has 0 aliphatic heterocycles. The molecule has 0 aliphatic rings. The average Bonchev–Trinajstić information content (AvgIpc) is 2.87. The van der Waals surface area contributed by atoms with Crippen molar-refractivity contribution in [3.05, 3.63) is 29.8 Å². The highest BCUT2D eigenvalue weighted by molar-refractivity contribution is 7.99. The fraction of sp³-hybridized carbons (Fsp3) is 0.182. The molecule has 1 aromatic heterocycles. The molecule has 0 spiro atoms. The van der Waals surface area contributed by atoms with Gasteiger partial charge in [-0.15, -0.1) is 5.10 Å². The summed E-state index contributed by atoms with van der Waals surface area (Å²) in [6.45, 7) is 0. The van der Waals surface area contributed by atoms with Crippen LogP contribution in [0.3, 0.4) is 0 Å². The Kier molecular flexibility index (Phi) is 4.31. The van der Waals surface area contributed by atoms with E-state index in [2.05, 4.69) is 15.5 Å². The van der Waals surface area contributed by atoms with Crippen LogP contribution in [0.1, 0.15) is 16.8 Å². The van der Waals surface area contributed by atoms with Crippen LogP contribution < -0.4 is 0 Å². The van der Waals surface area contributed by atoms with Gasteiger partial charge in [0.1, 0.15) is 0 Å². The van der Waals surface area contributed by atoms with E-state index in [4.69, 9.17) is 10.2 Å². The number of aromatic carboxylic acids is 1. The molecule has 0 bridgehead atoms. The molecule has 9 heteroatoms. The van der Waals surface area contributed by atoms with E-state index in [9.17, 15) is 9.59 Å². The highest BCUT2D eigenvalue weighted by Gasteiger charge is 2.10. The lowest BCUT2D eigenvalue weighted by Crippen LogP contribution is -2.02. The number of carboxylic acid groups (broad SMARTS) is 2. The highest BCUT2D eigenvalue weighted by atomic mass is 32.2. The summed E-state index contributed by atoms with van der Waals surface area (Å²) in [6, 6.07) is 6.07. The van der Waals surface area contributed by atoms with E-state index in [1.807, 2.05) is 0 Å². The van der Waals surface area contributed by atoms with E-state index in [0.29, 0.717) is 16.6 Å². The molecule has 2 rings (SSSR count). The number of aromatic nitrogens is 4. The third-order valence-corrected chi connectivity index (χ3v) is 3.27. The van der Waals surface area contributed by atoms with Crippen LogP contribution in [-0.2, 0) is 4.79 Å². The smallest absolute Gasteiger partial charge is 0.335 e. The van der Waals surface area contributed by atoms with Crippen molar-refractivity contribution in [1.82, 2.24) is 20.2 Å². The van der Waals surface area contributed by atoms with E-state index in [1.165, 1.54) is 28.6 Å². The number of tetrazole rings is 1. The van der Waals surface area contributed by atoms with Crippen molar-refractivity contribution < 1.29 is 19.8 Å². The summed E-state index contributed by atoms with van der Waals surface area (Å²) in [5.74, 6) is -1.55. The van der Waals surface area contributed by atoms with Gasteiger partial charge in [0.15, 0.2) is 0 Å². The molecule has 2 N–H and O–H groups in total. The van der Waals surface area contributed by atoms with Crippen molar-refractivity contribution in [2.45, 2.75) is 11.6 Å². The van der Waals surface area contributed by atoms with Crippen molar-refractivity contribution in [3.8, 4) is 5.69 Å². The van der Waals surface area contributed by atoms with Gasteiger partial charge in [0.05, 0.1) is 17.7 Å². The van der Waals surface area contributed by atoms with E-state index in [-0.39, 0.29) is 12.0 Å². The molecule has 0 amide bonds. The first-order chi connectivity index (χ1) is 9.58. The van der Waals surface area contributed by atoms with Crippen LogP contribution in [-0.4, -0.2) is 48.1 Å². The molecule has 1 aromatic carbocycles. The Labute approximate surface area is 117 Å². The summed E-state index contributed by atoms with van der Waals surface area (Å²) in [5.41, 5.74) is 0.778. The van der Waals surface area contributed by atoms with Crippen LogP contribution in [0.25, 0.3) is 5.69 Å². The van der Waals surface area contributed by atoms with E-state index in [0.717, 1.165) is 0 Å². The maximum absolute atomic E-state index is 10.8. The van der Waals surface area contributed by atoms with Crippen molar-refractivity contribution in [1.29, 1.82) is 0 Å². The van der Waals surface area contributed by atoms with Gasteiger partial charge in [0.25, 0.3) is 0 Å². The summed E-state index contributed by atoms with van der Waals surface area (Å²) in [7, 11) is 0. The predicted molar refractivity (Wildman–Crippen MR) is 69.1 cm³/mol. The Hall–Kier alpha value is -2.42. The number of carboxylic acids is 2. The van der Waals surface area contributed by atoms with E-state index in [1.54, 1.807) is 12.1 Å². The molecule has 2 aromatic rings. The van der Waals surface area contributed by atoms with Crippen molar-refractivity contribution in [3.63, 3.8) is 0 Å². The molecule has 0 atom stereocenters. The molecule has 0 aliphatic carbocycles. The highest BCUT2D eigenvalue weighted by Crippen LogP contribution is 2.19. The predicted octanol–water partition coefficient (Wildman–Crippen LogP) is 0.927. The van der Waals surface area contributed by atoms with Gasteiger partial charge >= 0.3 is 11.9 Å².